The van der Waals surface area contributed by atoms with Crippen LogP contribution >= 0.6 is 0 Å². The molecule has 0 fully saturated rings. The first-order valence-electron chi connectivity index (χ1n) is 9.08. The van der Waals surface area contributed by atoms with Gasteiger partial charge in [0.25, 0.3) is 0 Å². The molecule has 0 amide bonds. The summed E-state index contributed by atoms with van der Waals surface area (Å²) in [6.07, 6.45) is 25.1. The molecule has 0 aromatic rings. The highest BCUT2D eigenvalue weighted by Crippen LogP contribution is 2.12. The van der Waals surface area contributed by atoms with E-state index in [0.717, 1.165) is 6.42 Å². The predicted molar refractivity (Wildman–Crippen MR) is 94.3 cm³/mol. The van der Waals surface area contributed by atoms with E-state index in [2.05, 4.69) is 39.0 Å². The van der Waals surface area contributed by atoms with Gasteiger partial charge in [0.2, 0.25) is 0 Å². The van der Waals surface area contributed by atoms with Crippen LogP contribution in [0.15, 0.2) is 23.8 Å². The van der Waals surface area contributed by atoms with Gasteiger partial charge in [-0.15, -0.1) is 0 Å². The molecule has 0 spiro atoms. The fourth-order valence-corrected chi connectivity index (χ4v) is 2.43. The highest BCUT2D eigenvalue weighted by atomic mass is 14.0. The van der Waals surface area contributed by atoms with Gasteiger partial charge in [-0.25, -0.2) is 0 Å². The van der Waals surface area contributed by atoms with E-state index in [1.54, 1.807) is 0 Å². The summed E-state index contributed by atoms with van der Waals surface area (Å²) >= 11 is 0. The molecule has 0 nitrogen and oxygen atoms in total. The SMILES string of the molecule is CC=C(C)CC=CCCCCCCCCCCCCC. The molecule has 118 valence electrons. The molecule has 0 radical (unpaired) electrons. The maximum absolute atomic E-state index is 2.36. The lowest BCUT2D eigenvalue weighted by Crippen LogP contribution is -1.82. The van der Waals surface area contributed by atoms with Crippen molar-refractivity contribution < 1.29 is 0 Å². The number of unbranched alkanes of at least 4 members (excludes halogenated alkanes) is 11. The Kier molecular flexibility index (Phi) is 16.1. The second-order valence-electron chi connectivity index (χ2n) is 6.13. The molecule has 0 heterocycles. The van der Waals surface area contributed by atoms with Gasteiger partial charge in [0.05, 0.1) is 0 Å². The van der Waals surface area contributed by atoms with Crippen LogP contribution in [0.25, 0.3) is 0 Å². The molecule has 0 aromatic carbocycles. The molecule has 0 heteroatoms. The molecular weight excluding hydrogens is 240 g/mol. The summed E-state index contributed by atoms with van der Waals surface area (Å²) < 4.78 is 0. The highest BCUT2D eigenvalue weighted by molar-refractivity contribution is 5.02. The Morgan fingerprint density at radius 2 is 1.20 bits per heavy atom. The Morgan fingerprint density at radius 3 is 1.70 bits per heavy atom. The van der Waals surface area contributed by atoms with Crippen molar-refractivity contribution in [2.45, 2.75) is 104 Å². The average molecular weight is 279 g/mol. The second kappa shape index (κ2) is 16.5. The summed E-state index contributed by atoms with van der Waals surface area (Å²) in [7, 11) is 0. The van der Waals surface area contributed by atoms with E-state index in [4.69, 9.17) is 0 Å². The van der Waals surface area contributed by atoms with E-state index in [0.29, 0.717) is 0 Å². The van der Waals surface area contributed by atoms with Gasteiger partial charge < -0.3 is 0 Å². The fourth-order valence-electron chi connectivity index (χ4n) is 2.43. The molecule has 0 aliphatic carbocycles. The fraction of sp³-hybridized carbons (Fsp3) is 0.800. The molecule has 0 rings (SSSR count). The van der Waals surface area contributed by atoms with Crippen molar-refractivity contribution in [3.05, 3.63) is 23.8 Å². The minimum Gasteiger partial charge on any atom is -0.0884 e. The highest BCUT2D eigenvalue weighted by Gasteiger charge is 1.92. The normalized spacial score (nSPS) is 12.4. The summed E-state index contributed by atoms with van der Waals surface area (Å²) in [5.41, 5.74) is 1.47. The summed E-state index contributed by atoms with van der Waals surface area (Å²) in [6, 6.07) is 0. The Balaban J connectivity index is 3.10. The molecule has 0 atom stereocenters. The first kappa shape index (κ1) is 19.5. The quantitative estimate of drug-likeness (QED) is 0.227. The molecule has 0 aliphatic rings. The Labute approximate surface area is 128 Å². The summed E-state index contributed by atoms with van der Waals surface area (Å²) in [5, 5.41) is 0. The monoisotopic (exact) mass is 278 g/mol. The Morgan fingerprint density at radius 1 is 0.700 bits per heavy atom. The summed E-state index contributed by atoms with van der Waals surface area (Å²) in [6.45, 7) is 6.61. The van der Waals surface area contributed by atoms with Crippen molar-refractivity contribution in [3.63, 3.8) is 0 Å². The van der Waals surface area contributed by atoms with Gasteiger partial charge in [-0.2, -0.15) is 0 Å². The molecule has 20 heavy (non-hydrogen) atoms. The van der Waals surface area contributed by atoms with Crippen molar-refractivity contribution in [2.24, 2.45) is 0 Å². The lowest BCUT2D eigenvalue weighted by Gasteiger charge is -2.01. The van der Waals surface area contributed by atoms with Gasteiger partial charge in [0.1, 0.15) is 0 Å². The van der Waals surface area contributed by atoms with E-state index in [-0.39, 0.29) is 0 Å². The van der Waals surface area contributed by atoms with Crippen LogP contribution in [-0.2, 0) is 0 Å². The van der Waals surface area contributed by atoms with Crippen molar-refractivity contribution in [1.82, 2.24) is 0 Å². The topological polar surface area (TPSA) is 0 Å². The van der Waals surface area contributed by atoms with Crippen LogP contribution in [0, 0.1) is 0 Å². The third kappa shape index (κ3) is 15.5. The van der Waals surface area contributed by atoms with Gasteiger partial charge in [-0.3, -0.25) is 0 Å². The van der Waals surface area contributed by atoms with Crippen molar-refractivity contribution in [2.75, 3.05) is 0 Å². The van der Waals surface area contributed by atoms with Gasteiger partial charge >= 0.3 is 0 Å². The van der Waals surface area contributed by atoms with Crippen LogP contribution in [0.5, 0.6) is 0 Å². The minimum absolute atomic E-state index is 1.13. The van der Waals surface area contributed by atoms with Crippen LogP contribution in [0.4, 0.5) is 0 Å². The van der Waals surface area contributed by atoms with Crippen molar-refractivity contribution in [1.29, 1.82) is 0 Å². The summed E-state index contributed by atoms with van der Waals surface area (Å²) in [5.74, 6) is 0. The van der Waals surface area contributed by atoms with Crippen molar-refractivity contribution in [3.8, 4) is 0 Å². The van der Waals surface area contributed by atoms with E-state index in [1.165, 1.54) is 82.6 Å². The van der Waals surface area contributed by atoms with Crippen LogP contribution in [0.1, 0.15) is 104 Å². The number of hydrogen-bond donors (Lipinski definition) is 0. The molecule has 0 aliphatic heterocycles. The largest absolute Gasteiger partial charge is 0.0884 e. The van der Waals surface area contributed by atoms with Gasteiger partial charge in [0, 0.05) is 0 Å². The van der Waals surface area contributed by atoms with Gasteiger partial charge in [-0.05, 0) is 33.1 Å². The van der Waals surface area contributed by atoms with E-state index in [9.17, 15) is 0 Å². The lowest BCUT2D eigenvalue weighted by atomic mass is 10.1. The predicted octanol–water partition coefficient (Wildman–Crippen LogP) is 7.60. The zero-order valence-electron chi connectivity index (χ0n) is 14.4. The van der Waals surface area contributed by atoms with Gasteiger partial charge in [-0.1, -0.05) is 94.9 Å². The summed E-state index contributed by atoms with van der Waals surface area (Å²) in [4.78, 5) is 0. The first-order chi connectivity index (χ1) is 9.81. The number of rotatable bonds is 14. The molecule has 0 N–H and O–H groups in total. The molecular formula is C20H38. The van der Waals surface area contributed by atoms with Crippen LogP contribution in [0.3, 0.4) is 0 Å². The molecule has 0 saturated heterocycles. The van der Waals surface area contributed by atoms with Gasteiger partial charge in [0.15, 0.2) is 0 Å². The minimum atomic E-state index is 1.13. The van der Waals surface area contributed by atoms with Crippen molar-refractivity contribution >= 4 is 0 Å². The standard InChI is InChI=1S/C20H38/c1-4-6-7-8-9-10-11-12-13-14-15-16-17-18-19-20(3)5-2/h5,17-18H,4,6-16,19H2,1-3H3. The lowest BCUT2D eigenvalue weighted by molar-refractivity contribution is 0.550. The zero-order chi connectivity index (χ0) is 14.9. The van der Waals surface area contributed by atoms with Crippen LogP contribution in [0.2, 0.25) is 0 Å². The number of allylic oxidation sites excluding steroid dienone is 4. The smallest absolute Gasteiger partial charge is 0.0142 e. The van der Waals surface area contributed by atoms with Crippen LogP contribution in [-0.4, -0.2) is 0 Å². The molecule has 0 aromatic heterocycles. The number of hydrogen-bond acceptors (Lipinski definition) is 0. The zero-order valence-corrected chi connectivity index (χ0v) is 14.4. The third-order valence-corrected chi connectivity index (χ3v) is 4.07. The maximum Gasteiger partial charge on any atom is -0.0142 e. The molecule has 0 saturated carbocycles. The molecule has 0 unspecified atom stereocenters. The van der Waals surface area contributed by atoms with E-state index >= 15 is 0 Å². The second-order valence-corrected chi connectivity index (χ2v) is 6.13. The maximum atomic E-state index is 2.36. The Bertz CT molecular complexity index is 234. The average Bonchev–Trinajstić information content (AvgIpc) is 2.47. The Hall–Kier alpha value is -0.520. The van der Waals surface area contributed by atoms with E-state index in [1.807, 2.05) is 0 Å². The third-order valence-electron chi connectivity index (χ3n) is 4.07. The first-order valence-corrected chi connectivity index (χ1v) is 9.08. The molecule has 0 bridgehead atoms. The van der Waals surface area contributed by atoms with E-state index < -0.39 is 0 Å². The van der Waals surface area contributed by atoms with Crippen LogP contribution < -0.4 is 0 Å².